The van der Waals surface area contributed by atoms with Gasteiger partial charge < -0.3 is 15.4 Å². The molecule has 1 aromatic carbocycles. The molecular weight excluding hydrogens is 200 g/mol. The van der Waals surface area contributed by atoms with Gasteiger partial charge in [-0.3, -0.25) is 0 Å². The van der Waals surface area contributed by atoms with Gasteiger partial charge in [0.25, 0.3) is 0 Å². The van der Waals surface area contributed by atoms with E-state index in [0.29, 0.717) is 5.54 Å². The summed E-state index contributed by atoms with van der Waals surface area (Å²) in [6.07, 6.45) is 3.59. The van der Waals surface area contributed by atoms with Crippen molar-refractivity contribution in [1.82, 2.24) is 5.32 Å². The number of fused-ring (bicyclic) bond motifs is 1. The summed E-state index contributed by atoms with van der Waals surface area (Å²) in [5.74, 6) is 0.942. The Hall–Kier alpha value is -1.22. The highest BCUT2D eigenvalue weighted by Crippen LogP contribution is 2.39. The monoisotopic (exact) mass is 218 g/mol. The molecule has 0 unspecified atom stereocenters. The van der Waals surface area contributed by atoms with Crippen molar-refractivity contribution in [2.45, 2.75) is 24.8 Å². The van der Waals surface area contributed by atoms with Crippen LogP contribution in [0.2, 0.25) is 0 Å². The Labute approximate surface area is 96.2 Å². The standard InChI is InChI=1S/C13H18N2O/c1-16-11-3-2-10-9-13(15-12(10)8-11)4-6-14-7-5-13/h2-3,8,14-15H,4-7,9H2,1H3. The van der Waals surface area contributed by atoms with Gasteiger partial charge in [-0.1, -0.05) is 6.07 Å². The summed E-state index contributed by atoms with van der Waals surface area (Å²) in [5, 5.41) is 7.13. The quantitative estimate of drug-likeness (QED) is 0.754. The highest BCUT2D eigenvalue weighted by atomic mass is 16.5. The molecule has 0 atom stereocenters. The highest BCUT2D eigenvalue weighted by molar-refractivity contribution is 5.62. The second-order valence-corrected chi connectivity index (χ2v) is 4.86. The van der Waals surface area contributed by atoms with Crippen molar-refractivity contribution in [2.75, 3.05) is 25.5 Å². The fraction of sp³-hybridized carbons (Fsp3) is 0.538. The fourth-order valence-electron chi connectivity index (χ4n) is 2.85. The van der Waals surface area contributed by atoms with Gasteiger partial charge in [-0.2, -0.15) is 0 Å². The summed E-state index contributed by atoms with van der Waals surface area (Å²) in [7, 11) is 1.72. The molecular formula is C13H18N2O. The van der Waals surface area contributed by atoms with Gasteiger partial charge in [0.15, 0.2) is 0 Å². The summed E-state index contributed by atoms with van der Waals surface area (Å²) >= 11 is 0. The number of piperidine rings is 1. The van der Waals surface area contributed by atoms with Gasteiger partial charge in [-0.05, 0) is 44.0 Å². The van der Waals surface area contributed by atoms with E-state index in [2.05, 4.69) is 28.8 Å². The average Bonchev–Trinajstić information content (AvgIpc) is 2.66. The van der Waals surface area contributed by atoms with E-state index in [9.17, 15) is 0 Å². The topological polar surface area (TPSA) is 33.3 Å². The van der Waals surface area contributed by atoms with Crippen molar-refractivity contribution in [3.8, 4) is 5.75 Å². The summed E-state index contributed by atoms with van der Waals surface area (Å²) in [5.41, 5.74) is 3.00. The molecule has 1 fully saturated rings. The Balaban J connectivity index is 1.87. The lowest BCUT2D eigenvalue weighted by Gasteiger charge is -2.34. The molecule has 16 heavy (non-hydrogen) atoms. The number of ether oxygens (including phenoxy) is 1. The third-order valence-corrected chi connectivity index (χ3v) is 3.81. The maximum atomic E-state index is 5.26. The van der Waals surface area contributed by atoms with Gasteiger partial charge >= 0.3 is 0 Å². The van der Waals surface area contributed by atoms with Crippen LogP contribution in [0.25, 0.3) is 0 Å². The van der Waals surface area contributed by atoms with Crippen molar-refractivity contribution in [3.05, 3.63) is 23.8 Å². The zero-order valence-corrected chi connectivity index (χ0v) is 9.68. The fourth-order valence-corrected chi connectivity index (χ4v) is 2.85. The van der Waals surface area contributed by atoms with Crippen LogP contribution in [0.1, 0.15) is 18.4 Å². The molecule has 2 aliphatic heterocycles. The van der Waals surface area contributed by atoms with Crippen molar-refractivity contribution in [2.24, 2.45) is 0 Å². The number of nitrogens with one attached hydrogen (secondary N) is 2. The van der Waals surface area contributed by atoms with Crippen molar-refractivity contribution < 1.29 is 4.74 Å². The molecule has 3 heteroatoms. The smallest absolute Gasteiger partial charge is 0.120 e. The maximum absolute atomic E-state index is 5.26. The minimum atomic E-state index is 0.306. The molecule has 2 aliphatic rings. The second kappa shape index (κ2) is 3.67. The number of anilines is 1. The van der Waals surface area contributed by atoms with E-state index in [4.69, 9.17) is 4.74 Å². The van der Waals surface area contributed by atoms with E-state index in [1.807, 2.05) is 0 Å². The number of rotatable bonds is 1. The number of hydrogen-bond acceptors (Lipinski definition) is 3. The predicted octanol–water partition coefficient (Wildman–Crippen LogP) is 1.79. The number of benzene rings is 1. The van der Waals surface area contributed by atoms with Crippen LogP contribution in [0.4, 0.5) is 5.69 Å². The molecule has 1 aromatic rings. The molecule has 86 valence electrons. The second-order valence-electron chi connectivity index (χ2n) is 4.86. The molecule has 0 bridgehead atoms. The van der Waals surface area contributed by atoms with Gasteiger partial charge in [0.05, 0.1) is 7.11 Å². The van der Waals surface area contributed by atoms with E-state index in [-0.39, 0.29) is 0 Å². The normalized spacial score (nSPS) is 21.6. The molecule has 0 aromatic heterocycles. The first kappa shape index (κ1) is 9.97. The van der Waals surface area contributed by atoms with Crippen molar-refractivity contribution in [1.29, 1.82) is 0 Å². The first-order valence-corrected chi connectivity index (χ1v) is 5.97. The number of methoxy groups -OCH3 is 1. The van der Waals surface area contributed by atoms with E-state index >= 15 is 0 Å². The minimum absolute atomic E-state index is 0.306. The van der Waals surface area contributed by atoms with Crippen LogP contribution in [0.15, 0.2) is 18.2 Å². The molecule has 0 saturated carbocycles. The first-order valence-electron chi connectivity index (χ1n) is 5.97. The van der Waals surface area contributed by atoms with Crippen LogP contribution >= 0.6 is 0 Å². The SMILES string of the molecule is COc1ccc2c(c1)NC1(CCNCC1)C2. The third-order valence-electron chi connectivity index (χ3n) is 3.81. The average molecular weight is 218 g/mol. The Kier molecular flexibility index (Phi) is 2.28. The summed E-state index contributed by atoms with van der Waals surface area (Å²) in [6.45, 7) is 2.25. The van der Waals surface area contributed by atoms with Crippen LogP contribution in [0, 0.1) is 0 Å². The van der Waals surface area contributed by atoms with Crippen molar-refractivity contribution in [3.63, 3.8) is 0 Å². The summed E-state index contributed by atoms with van der Waals surface area (Å²) < 4.78 is 5.26. The first-order chi connectivity index (χ1) is 7.81. The van der Waals surface area contributed by atoms with Crippen LogP contribution in [0.5, 0.6) is 5.75 Å². The molecule has 3 rings (SSSR count). The maximum Gasteiger partial charge on any atom is 0.120 e. The lowest BCUT2D eigenvalue weighted by atomic mass is 9.86. The largest absolute Gasteiger partial charge is 0.497 e. The Morgan fingerprint density at radius 2 is 2.06 bits per heavy atom. The van der Waals surface area contributed by atoms with Gasteiger partial charge in [-0.25, -0.2) is 0 Å². The van der Waals surface area contributed by atoms with Gasteiger partial charge in [0.1, 0.15) is 5.75 Å². The molecule has 1 saturated heterocycles. The van der Waals surface area contributed by atoms with Crippen LogP contribution in [-0.4, -0.2) is 25.7 Å². The lowest BCUT2D eigenvalue weighted by Crippen LogP contribution is -2.46. The van der Waals surface area contributed by atoms with Crippen molar-refractivity contribution >= 4 is 5.69 Å². The van der Waals surface area contributed by atoms with Crippen LogP contribution < -0.4 is 15.4 Å². The minimum Gasteiger partial charge on any atom is -0.497 e. The zero-order chi connectivity index (χ0) is 11.0. The Morgan fingerprint density at radius 3 is 2.81 bits per heavy atom. The highest BCUT2D eigenvalue weighted by Gasteiger charge is 2.37. The van der Waals surface area contributed by atoms with E-state index in [1.165, 1.54) is 24.1 Å². The molecule has 0 radical (unpaired) electrons. The summed E-state index contributed by atoms with van der Waals surface area (Å²) in [6, 6.07) is 6.37. The van der Waals surface area contributed by atoms with Gasteiger partial charge in [-0.15, -0.1) is 0 Å². The Bertz CT molecular complexity index is 397. The van der Waals surface area contributed by atoms with E-state index < -0.39 is 0 Å². The summed E-state index contributed by atoms with van der Waals surface area (Å²) in [4.78, 5) is 0. The molecule has 0 amide bonds. The number of hydrogen-bond donors (Lipinski definition) is 2. The predicted molar refractivity (Wildman–Crippen MR) is 65.2 cm³/mol. The van der Waals surface area contributed by atoms with Crippen LogP contribution in [-0.2, 0) is 6.42 Å². The van der Waals surface area contributed by atoms with E-state index in [1.54, 1.807) is 7.11 Å². The molecule has 3 nitrogen and oxygen atoms in total. The van der Waals surface area contributed by atoms with Gasteiger partial charge in [0, 0.05) is 17.3 Å². The third kappa shape index (κ3) is 1.55. The molecule has 1 spiro atoms. The zero-order valence-electron chi connectivity index (χ0n) is 9.68. The van der Waals surface area contributed by atoms with E-state index in [0.717, 1.165) is 25.3 Å². The lowest BCUT2D eigenvalue weighted by molar-refractivity contribution is 0.348. The molecule has 2 heterocycles. The van der Waals surface area contributed by atoms with Crippen LogP contribution in [0.3, 0.4) is 0 Å². The Morgan fingerprint density at radius 1 is 1.25 bits per heavy atom. The molecule has 0 aliphatic carbocycles. The molecule has 2 N–H and O–H groups in total. The van der Waals surface area contributed by atoms with Gasteiger partial charge in [0.2, 0.25) is 0 Å².